The van der Waals surface area contributed by atoms with Crippen LogP contribution in [0.2, 0.25) is 0 Å². The smallest absolute Gasteiger partial charge is 0.271 e. The average molecular weight is 401 g/mol. The van der Waals surface area contributed by atoms with Gasteiger partial charge < -0.3 is 9.30 Å². The van der Waals surface area contributed by atoms with Crippen LogP contribution in [0.4, 0.5) is 8.78 Å². The van der Waals surface area contributed by atoms with Crippen molar-refractivity contribution in [1.29, 1.82) is 0 Å². The first kappa shape index (κ1) is 17.1. The fraction of sp³-hybridized carbons (Fsp3) is 0.211. The molecule has 3 aromatic heterocycles. The fourth-order valence-corrected chi connectivity index (χ4v) is 4.52. The van der Waals surface area contributed by atoms with E-state index in [1.807, 2.05) is 4.57 Å². The van der Waals surface area contributed by atoms with E-state index in [2.05, 4.69) is 9.36 Å². The van der Waals surface area contributed by atoms with E-state index < -0.39 is 22.8 Å². The lowest BCUT2D eigenvalue weighted by Crippen LogP contribution is -2.16. The third-order valence-electron chi connectivity index (χ3n) is 4.95. The lowest BCUT2D eigenvalue weighted by Gasteiger charge is -2.18. The Morgan fingerprint density at radius 1 is 1.29 bits per heavy atom. The molecule has 0 saturated heterocycles. The second kappa shape index (κ2) is 5.96. The van der Waals surface area contributed by atoms with Crippen LogP contribution in [0.1, 0.15) is 18.9 Å². The monoisotopic (exact) mass is 401 g/mol. The summed E-state index contributed by atoms with van der Waals surface area (Å²) in [6, 6.07) is 3.75. The summed E-state index contributed by atoms with van der Waals surface area (Å²) in [5.74, 6) is -1.23. The van der Waals surface area contributed by atoms with E-state index in [0.717, 1.165) is 36.5 Å². The first-order valence-electron chi connectivity index (χ1n) is 8.59. The van der Waals surface area contributed by atoms with Gasteiger partial charge >= 0.3 is 0 Å². The molecular formula is C19H13F2N3O3S. The Balaban J connectivity index is 2.00. The Morgan fingerprint density at radius 2 is 2.07 bits per heavy atom. The zero-order valence-electron chi connectivity index (χ0n) is 14.6. The molecule has 0 unspecified atom stereocenters. The Morgan fingerprint density at radius 3 is 2.71 bits per heavy atom. The van der Waals surface area contributed by atoms with Gasteiger partial charge in [0.05, 0.1) is 23.6 Å². The van der Waals surface area contributed by atoms with Gasteiger partial charge in [-0.1, -0.05) is 0 Å². The molecule has 4 aromatic rings. The molecular weight excluding hydrogens is 388 g/mol. The Hall–Kier alpha value is -3.07. The van der Waals surface area contributed by atoms with Crippen LogP contribution in [0, 0.1) is 11.8 Å². The molecule has 142 valence electrons. The van der Waals surface area contributed by atoms with Crippen LogP contribution in [0.5, 0.6) is 5.75 Å². The van der Waals surface area contributed by atoms with E-state index in [4.69, 9.17) is 4.74 Å². The molecule has 9 heteroatoms. The maximum Gasteiger partial charge on any atom is 0.271 e. The largest absolute Gasteiger partial charge is 0.494 e. The molecule has 0 radical (unpaired) electrons. The molecule has 0 aliphatic heterocycles. The zero-order chi connectivity index (χ0) is 19.6. The summed E-state index contributed by atoms with van der Waals surface area (Å²) in [4.78, 5) is 29.2. The molecule has 0 spiro atoms. The van der Waals surface area contributed by atoms with Gasteiger partial charge in [-0.2, -0.15) is 4.39 Å². The number of hydrogen-bond donors (Lipinski definition) is 1. The number of pyridine rings is 2. The molecule has 0 amide bonds. The lowest BCUT2D eigenvalue weighted by molar-refractivity contribution is 0.416. The number of aromatic amines is 1. The van der Waals surface area contributed by atoms with Gasteiger partial charge in [0.2, 0.25) is 11.4 Å². The van der Waals surface area contributed by atoms with Crippen LogP contribution in [0.15, 0.2) is 34.0 Å². The number of aromatic nitrogens is 3. The summed E-state index contributed by atoms with van der Waals surface area (Å²) in [6.45, 7) is 0. The van der Waals surface area contributed by atoms with Crippen LogP contribution < -0.4 is 15.7 Å². The minimum Gasteiger partial charge on any atom is -0.494 e. The predicted octanol–water partition coefficient (Wildman–Crippen LogP) is 3.59. The van der Waals surface area contributed by atoms with Gasteiger partial charge in [-0.3, -0.25) is 14.0 Å². The second-order valence-corrected chi connectivity index (χ2v) is 7.47. The third-order valence-corrected chi connectivity index (χ3v) is 5.83. The molecule has 28 heavy (non-hydrogen) atoms. The van der Waals surface area contributed by atoms with Crippen LogP contribution in [0.3, 0.4) is 0 Å². The van der Waals surface area contributed by atoms with Crippen molar-refractivity contribution in [2.75, 3.05) is 7.11 Å². The number of hydrogen-bond acceptors (Lipinski definition) is 5. The van der Waals surface area contributed by atoms with Gasteiger partial charge in [0.15, 0.2) is 5.75 Å². The van der Waals surface area contributed by atoms with Crippen molar-refractivity contribution >= 4 is 32.7 Å². The summed E-state index contributed by atoms with van der Waals surface area (Å²) in [6.07, 6.45) is 2.98. The number of benzene rings is 1. The van der Waals surface area contributed by atoms with Crippen molar-refractivity contribution in [2.45, 2.75) is 18.9 Å². The molecule has 1 N–H and O–H groups in total. The number of halogens is 2. The van der Waals surface area contributed by atoms with Crippen molar-refractivity contribution < 1.29 is 13.5 Å². The SMILES string of the molecule is COc1c(-c2ccc(F)nc2)c(F)cc2c(=O)c3c(=O)[nH]sc3n(C3CC3)c12. The number of H-pyrrole nitrogens is 1. The van der Waals surface area contributed by atoms with Gasteiger partial charge in [-0.05, 0) is 42.6 Å². The highest BCUT2D eigenvalue weighted by Gasteiger charge is 2.31. The second-order valence-electron chi connectivity index (χ2n) is 6.68. The fourth-order valence-electron chi connectivity index (χ4n) is 3.60. The summed E-state index contributed by atoms with van der Waals surface area (Å²) in [5, 5.41) is 0.110. The minimum absolute atomic E-state index is 0.0297. The van der Waals surface area contributed by atoms with E-state index in [-0.39, 0.29) is 28.1 Å². The Bertz CT molecular complexity index is 1370. The number of methoxy groups -OCH3 is 1. The van der Waals surface area contributed by atoms with Crippen molar-refractivity contribution in [2.24, 2.45) is 0 Å². The normalized spacial score (nSPS) is 14.1. The van der Waals surface area contributed by atoms with Crippen LogP contribution in [0.25, 0.3) is 32.2 Å². The molecule has 1 fully saturated rings. The molecule has 0 atom stereocenters. The predicted molar refractivity (Wildman–Crippen MR) is 102 cm³/mol. The average Bonchev–Trinajstić information content (AvgIpc) is 3.44. The Labute approximate surface area is 160 Å². The molecule has 3 heterocycles. The molecule has 6 nitrogen and oxygen atoms in total. The minimum atomic E-state index is -0.705. The standard InChI is InChI=1S/C19H13F2N3O3S/c1-27-17-13(8-2-5-12(21)22-7-8)11(20)6-10-15(17)24(9-3-4-9)19-14(16(10)25)18(26)23-28-19/h2,5-7,9H,3-4H2,1H3,(H,23,26). The summed E-state index contributed by atoms with van der Waals surface area (Å²) >= 11 is 1.08. The molecule has 1 aromatic carbocycles. The zero-order valence-corrected chi connectivity index (χ0v) is 15.4. The summed E-state index contributed by atoms with van der Waals surface area (Å²) in [5.41, 5.74) is -0.162. The Kier molecular flexibility index (Phi) is 3.63. The van der Waals surface area contributed by atoms with Crippen molar-refractivity contribution in [1.82, 2.24) is 13.9 Å². The van der Waals surface area contributed by atoms with Gasteiger partial charge in [0.1, 0.15) is 16.0 Å². The lowest BCUT2D eigenvalue weighted by atomic mass is 10.0. The number of rotatable bonds is 3. The maximum absolute atomic E-state index is 15.1. The molecule has 1 aliphatic rings. The van der Waals surface area contributed by atoms with Crippen LogP contribution in [-0.2, 0) is 0 Å². The summed E-state index contributed by atoms with van der Waals surface area (Å²) in [7, 11) is 1.39. The van der Waals surface area contributed by atoms with E-state index in [1.54, 1.807) is 0 Å². The van der Waals surface area contributed by atoms with Gasteiger partial charge in [0, 0.05) is 17.8 Å². The number of nitrogens with one attached hydrogen (secondary N) is 1. The highest BCUT2D eigenvalue weighted by Crippen LogP contribution is 2.45. The maximum atomic E-state index is 15.1. The first-order chi connectivity index (χ1) is 13.5. The highest BCUT2D eigenvalue weighted by molar-refractivity contribution is 7.12. The van der Waals surface area contributed by atoms with E-state index in [9.17, 15) is 14.0 Å². The summed E-state index contributed by atoms with van der Waals surface area (Å²) < 4.78 is 38.3. The molecule has 1 saturated carbocycles. The number of ether oxygens (including phenoxy) is 1. The number of nitrogens with zero attached hydrogens (tertiary/aromatic N) is 2. The third kappa shape index (κ3) is 2.32. The van der Waals surface area contributed by atoms with Crippen molar-refractivity contribution in [3.8, 4) is 16.9 Å². The van der Waals surface area contributed by atoms with Crippen LogP contribution >= 0.6 is 11.5 Å². The number of fused-ring (bicyclic) bond motifs is 2. The van der Waals surface area contributed by atoms with Crippen LogP contribution in [-0.4, -0.2) is 21.0 Å². The van der Waals surface area contributed by atoms with Crippen molar-refractivity contribution in [3.63, 3.8) is 0 Å². The van der Waals surface area contributed by atoms with E-state index in [1.165, 1.54) is 19.4 Å². The topological polar surface area (TPSA) is 77.0 Å². The van der Waals surface area contributed by atoms with E-state index in [0.29, 0.717) is 15.9 Å². The highest BCUT2D eigenvalue weighted by atomic mass is 32.1. The molecule has 0 bridgehead atoms. The van der Waals surface area contributed by atoms with Gasteiger partial charge in [-0.25, -0.2) is 9.37 Å². The van der Waals surface area contributed by atoms with E-state index >= 15 is 4.39 Å². The van der Waals surface area contributed by atoms with Crippen molar-refractivity contribution in [3.05, 3.63) is 56.7 Å². The molecule has 1 aliphatic carbocycles. The van der Waals surface area contributed by atoms with Gasteiger partial charge in [0.25, 0.3) is 5.56 Å². The quantitative estimate of drug-likeness (QED) is 0.533. The van der Waals surface area contributed by atoms with Gasteiger partial charge in [-0.15, -0.1) is 0 Å². The first-order valence-corrected chi connectivity index (χ1v) is 9.40. The molecule has 5 rings (SSSR count).